The molecule has 0 radical (unpaired) electrons. The lowest BCUT2D eigenvalue weighted by Crippen LogP contribution is -2.55. The highest BCUT2D eigenvalue weighted by Gasteiger charge is 2.54. The molecular weight excluding hydrogens is 473 g/mol. The van der Waals surface area contributed by atoms with Crippen molar-refractivity contribution in [3.05, 3.63) is 69.7 Å². The van der Waals surface area contributed by atoms with Gasteiger partial charge in [0.2, 0.25) is 0 Å². The second-order valence-electron chi connectivity index (χ2n) is 9.92. The lowest BCUT2D eigenvalue weighted by atomic mass is 9.66. The van der Waals surface area contributed by atoms with Crippen molar-refractivity contribution in [2.45, 2.75) is 57.1 Å². The Hall–Kier alpha value is -2.24. The Balaban J connectivity index is 1.54. The summed E-state index contributed by atoms with van der Waals surface area (Å²) >= 11 is 12.6. The summed E-state index contributed by atoms with van der Waals surface area (Å²) in [5, 5.41) is 4.27. The third-order valence-corrected chi connectivity index (χ3v) is 7.63. The number of nitrogens with one attached hydrogen (secondary N) is 1. The van der Waals surface area contributed by atoms with E-state index in [9.17, 15) is 9.59 Å². The minimum Gasteiger partial charge on any atom is -0.469 e. The molecule has 0 saturated heterocycles. The fourth-order valence-corrected chi connectivity index (χ4v) is 5.66. The first kappa shape index (κ1) is 24.9. The van der Waals surface area contributed by atoms with Crippen LogP contribution in [0, 0.1) is 17.8 Å². The average molecular weight is 504 g/mol. The fraction of sp³-hybridized carbons (Fsp3) is 0.481. The van der Waals surface area contributed by atoms with Gasteiger partial charge in [0.1, 0.15) is 6.10 Å². The van der Waals surface area contributed by atoms with Crippen molar-refractivity contribution in [2.24, 2.45) is 17.8 Å². The third kappa shape index (κ3) is 5.21. The van der Waals surface area contributed by atoms with E-state index >= 15 is 0 Å². The molecule has 0 aliphatic heterocycles. The first-order valence-electron chi connectivity index (χ1n) is 11.8. The van der Waals surface area contributed by atoms with Gasteiger partial charge in [0.05, 0.1) is 13.0 Å². The van der Waals surface area contributed by atoms with Crippen molar-refractivity contribution in [1.82, 2.24) is 5.32 Å². The van der Waals surface area contributed by atoms with Crippen molar-refractivity contribution in [3.8, 4) is 0 Å². The maximum absolute atomic E-state index is 13.2. The van der Waals surface area contributed by atoms with Crippen LogP contribution in [0.2, 0.25) is 10.0 Å². The third-order valence-electron chi connectivity index (χ3n) is 7.16. The molecule has 2 aromatic carbocycles. The molecular formula is C27H31Cl2NO4. The van der Waals surface area contributed by atoms with Gasteiger partial charge in [-0.2, -0.15) is 0 Å². The molecule has 0 spiro atoms. The lowest BCUT2D eigenvalue weighted by molar-refractivity contribution is -0.153. The second kappa shape index (κ2) is 10.2. The number of esters is 1. The topological polar surface area (TPSA) is 64.6 Å². The number of carbonyl (C=O) groups excluding carboxylic acids is 2. The Bertz CT molecular complexity index is 1050. The molecule has 4 atom stereocenters. The molecule has 1 N–H and O–H groups in total. The van der Waals surface area contributed by atoms with Gasteiger partial charge in [-0.05, 0) is 72.9 Å². The van der Waals surface area contributed by atoms with Crippen LogP contribution in [-0.4, -0.2) is 25.2 Å². The largest absolute Gasteiger partial charge is 0.469 e. The van der Waals surface area contributed by atoms with Gasteiger partial charge in [-0.3, -0.25) is 4.79 Å². The Morgan fingerprint density at radius 3 is 2.35 bits per heavy atom. The molecule has 0 heterocycles. The Morgan fingerprint density at radius 1 is 1.09 bits per heavy atom. The van der Waals surface area contributed by atoms with Crippen LogP contribution in [0.15, 0.2) is 48.5 Å². The van der Waals surface area contributed by atoms with Crippen LogP contribution < -0.4 is 5.32 Å². The van der Waals surface area contributed by atoms with Crippen LogP contribution in [-0.2, 0) is 19.7 Å². The van der Waals surface area contributed by atoms with E-state index in [4.69, 9.17) is 32.7 Å². The standard InChI is InChI=1S/C27H31Cl2NO4/c1-16(2)12-21-22(25(31)33-3)15-23(21)30-26(32)34-24(17-6-4-8-19(28)13-17)27(10-11-27)18-7-5-9-20(29)14-18/h4-9,13-14,16,21-24H,10-12,15H2,1-3H3,(H,30,32)/t21-,22?,23?,24?/m0/s1. The molecule has 2 saturated carbocycles. The van der Waals surface area contributed by atoms with Crippen molar-refractivity contribution in [3.63, 3.8) is 0 Å². The molecule has 34 heavy (non-hydrogen) atoms. The summed E-state index contributed by atoms with van der Waals surface area (Å²) in [6.07, 6.45) is 2.14. The maximum atomic E-state index is 13.2. The van der Waals surface area contributed by atoms with Crippen LogP contribution in [0.25, 0.3) is 0 Å². The summed E-state index contributed by atoms with van der Waals surface area (Å²) in [6.45, 7) is 4.22. The van der Waals surface area contributed by atoms with E-state index in [2.05, 4.69) is 19.2 Å². The predicted molar refractivity (Wildman–Crippen MR) is 133 cm³/mol. The van der Waals surface area contributed by atoms with Gasteiger partial charge in [0.15, 0.2) is 0 Å². The van der Waals surface area contributed by atoms with E-state index in [1.165, 1.54) is 7.11 Å². The minimum atomic E-state index is -0.510. The van der Waals surface area contributed by atoms with Gasteiger partial charge in [0.25, 0.3) is 0 Å². The zero-order chi connectivity index (χ0) is 24.5. The van der Waals surface area contributed by atoms with Crippen LogP contribution in [0.3, 0.4) is 0 Å². The molecule has 0 aromatic heterocycles. The summed E-state index contributed by atoms with van der Waals surface area (Å²) in [7, 11) is 1.41. The number of ether oxygens (including phenoxy) is 2. The van der Waals surface area contributed by atoms with E-state index in [0.717, 1.165) is 30.4 Å². The molecule has 4 rings (SSSR count). The first-order chi connectivity index (χ1) is 16.2. The van der Waals surface area contributed by atoms with E-state index in [1.54, 1.807) is 6.07 Å². The maximum Gasteiger partial charge on any atom is 0.408 e. The quantitative estimate of drug-likeness (QED) is 0.406. The number of alkyl carbamates (subject to hydrolysis) is 1. The van der Waals surface area contributed by atoms with Gasteiger partial charge >= 0.3 is 12.1 Å². The smallest absolute Gasteiger partial charge is 0.408 e. The molecule has 2 aromatic rings. The van der Waals surface area contributed by atoms with Crippen molar-refractivity contribution >= 4 is 35.3 Å². The number of hydrogen-bond donors (Lipinski definition) is 1. The normalized spacial score (nSPS) is 23.5. The van der Waals surface area contributed by atoms with Crippen molar-refractivity contribution < 1.29 is 19.1 Å². The molecule has 5 nitrogen and oxygen atoms in total. The number of rotatable bonds is 8. The van der Waals surface area contributed by atoms with Gasteiger partial charge in [0, 0.05) is 21.5 Å². The van der Waals surface area contributed by atoms with E-state index in [0.29, 0.717) is 22.4 Å². The molecule has 182 valence electrons. The second-order valence-corrected chi connectivity index (χ2v) is 10.8. The SMILES string of the molecule is COC(=O)C1CC(NC(=O)OC(c2cccc(Cl)c2)C2(c3cccc(Cl)c3)CC2)[C@H]1CC(C)C. The van der Waals surface area contributed by atoms with E-state index < -0.39 is 12.2 Å². The molecule has 2 aliphatic carbocycles. The van der Waals surface area contributed by atoms with Gasteiger partial charge < -0.3 is 14.8 Å². The molecule has 7 heteroatoms. The Kier molecular flexibility index (Phi) is 7.44. The number of hydrogen-bond acceptors (Lipinski definition) is 4. The number of benzene rings is 2. The Morgan fingerprint density at radius 2 is 1.76 bits per heavy atom. The lowest BCUT2D eigenvalue weighted by Gasteiger charge is -2.44. The highest BCUT2D eigenvalue weighted by molar-refractivity contribution is 6.30. The highest BCUT2D eigenvalue weighted by atomic mass is 35.5. The summed E-state index contributed by atoms with van der Waals surface area (Å²) in [4.78, 5) is 25.3. The molecule has 0 bridgehead atoms. The summed E-state index contributed by atoms with van der Waals surface area (Å²) in [5.74, 6) is 0.0244. The van der Waals surface area contributed by atoms with E-state index in [1.807, 2.05) is 42.5 Å². The van der Waals surface area contributed by atoms with Crippen LogP contribution in [0.1, 0.15) is 56.8 Å². The number of halogens is 2. The van der Waals surface area contributed by atoms with Gasteiger partial charge in [-0.25, -0.2) is 4.79 Å². The zero-order valence-electron chi connectivity index (χ0n) is 19.7. The zero-order valence-corrected chi connectivity index (χ0v) is 21.2. The monoisotopic (exact) mass is 503 g/mol. The predicted octanol–water partition coefficient (Wildman–Crippen LogP) is 6.72. The molecule has 3 unspecified atom stereocenters. The minimum absolute atomic E-state index is 0.0347. The number of amides is 1. The van der Waals surface area contributed by atoms with Gasteiger partial charge in [-0.1, -0.05) is 61.3 Å². The van der Waals surface area contributed by atoms with Gasteiger partial charge in [-0.15, -0.1) is 0 Å². The summed E-state index contributed by atoms with van der Waals surface area (Å²) < 4.78 is 11.1. The molecule has 1 amide bonds. The summed E-state index contributed by atoms with van der Waals surface area (Å²) in [5.41, 5.74) is 1.54. The van der Waals surface area contributed by atoms with Crippen LogP contribution in [0.5, 0.6) is 0 Å². The fourth-order valence-electron chi connectivity index (χ4n) is 5.27. The first-order valence-corrected chi connectivity index (χ1v) is 12.6. The van der Waals surface area contributed by atoms with Crippen LogP contribution >= 0.6 is 23.2 Å². The number of carbonyl (C=O) groups is 2. The van der Waals surface area contributed by atoms with Crippen molar-refractivity contribution in [2.75, 3.05) is 7.11 Å². The van der Waals surface area contributed by atoms with E-state index in [-0.39, 0.29) is 29.3 Å². The number of methoxy groups -OCH3 is 1. The highest BCUT2D eigenvalue weighted by Crippen LogP contribution is 2.58. The molecule has 2 fully saturated rings. The summed E-state index contributed by atoms with van der Waals surface area (Å²) in [6, 6.07) is 15.1. The average Bonchev–Trinajstić information content (AvgIpc) is 3.60. The van der Waals surface area contributed by atoms with Crippen molar-refractivity contribution in [1.29, 1.82) is 0 Å². The van der Waals surface area contributed by atoms with Crippen LogP contribution in [0.4, 0.5) is 4.79 Å². The Labute approximate surface area is 211 Å². The molecule has 2 aliphatic rings.